The number of methoxy groups -OCH3 is 1. The van der Waals surface area contributed by atoms with E-state index in [1.54, 1.807) is 37.4 Å². The highest BCUT2D eigenvalue weighted by Gasteiger charge is 2.46. The molecule has 3 aromatic rings. The van der Waals surface area contributed by atoms with Crippen molar-refractivity contribution in [3.05, 3.63) is 92.9 Å². The van der Waals surface area contributed by atoms with Crippen LogP contribution in [0.5, 0.6) is 5.75 Å². The van der Waals surface area contributed by atoms with Crippen LogP contribution in [0.25, 0.3) is 5.76 Å². The average Bonchev–Trinajstić information content (AvgIpc) is 3.40. The molecular weight excluding hydrogens is 429 g/mol. The van der Waals surface area contributed by atoms with E-state index >= 15 is 0 Å². The number of halogens is 1. The fraction of sp³-hybridized carbons (Fsp3) is 0.200. The first-order valence-electron chi connectivity index (χ1n) is 10.1. The summed E-state index contributed by atoms with van der Waals surface area (Å²) < 4.78 is 18.5. The number of aliphatic hydroxyl groups is 1. The summed E-state index contributed by atoms with van der Waals surface area (Å²) in [6, 6.07) is 14.2. The molecule has 32 heavy (non-hydrogen) atoms. The number of Topliss-reactive ketones (excluding diaryl/α,β-unsaturated/α-hetero) is 1. The highest BCUT2D eigenvalue weighted by atomic mass is 32.1. The van der Waals surface area contributed by atoms with E-state index in [0.29, 0.717) is 17.7 Å². The zero-order valence-corrected chi connectivity index (χ0v) is 18.5. The van der Waals surface area contributed by atoms with Crippen LogP contribution in [0.1, 0.15) is 27.6 Å². The largest absolute Gasteiger partial charge is 0.507 e. The number of ether oxygens (including phenoxy) is 1. The number of amides is 1. The topological polar surface area (TPSA) is 66.8 Å². The van der Waals surface area contributed by atoms with E-state index in [1.807, 2.05) is 24.4 Å². The van der Waals surface area contributed by atoms with E-state index in [4.69, 9.17) is 4.74 Å². The number of hydrogen-bond donors (Lipinski definition) is 1. The molecule has 2 aromatic carbocycles. The van der Waals surface area contributed by atoms with E-state index in [1.165, 1.54) is 28.4 Å². The zero-order chi connectivity index (χ0) is 22.8. The lowest BCUT2D eigenvalue weighted by Gasteiger charge is -2.24. The molecule has 1 aromatic heterocycles. The number of aryl methyl sites for hydroxylation is 1. The van der Waals surface area contributed by atoms with Crippen LogP contribution >= 0.6 is 11.3 Å². The molecule has 1 amide bonds. The van der Waals surface area contributed by atoms with Crippen molar-refractivity contribution >= 4 is 28.8 Å². The van der Waals surface area contributed by atoms with Crippen LogP contribution in [-0.4, -0.2) is 35.4 Å². The summed E-state index contributed by atoms with van der Waals surface area (Å²) in [5.74, 6) is -1.25. The molecule has 7 heteroatoms. The van der Waals surface area contributed by atoms with Gasteiger partial charge in [0.05, 0.1) is 18.7 Å². The lowest BCUT2D eigenvalue weighted by Crippen LogP contribution is -2.31. The third kappa shape index (κ3) is 4.03. The van der Waals surface area contributed by atoms with Gasteiger partial charge in [0, 0.05) is 17.0 Å². The number of aliphatic hydroxyl groups excluding tert-OH is 1. The van der Waals surface area contributed by atoms with Gasteiger partial charge < -0.3 is 14.7 Å². The Morgan fingerprint density at radius 3 is 2.53 bits per heavy atom. The normalized spacial score (nSPS) is 17.7. The lowest BCUT2D eigenvalue weighted by atomic mass is 9.98. The number of carbonyl (C=O) groups is 2. The molecule has 1 aliphatic rings. The molecule has 0 spiro atoms. The molecule has 2 heterocycles. The second-order valence-corrected chi connectivity index (χ2v) is 8.55. The van der Waals surface area contributed by atoms with Crippen molar-refractivity contribution in [1.29, 1.82) is 0 Å². The van der Waals surface area contributed by atoms with Crippen molar-refractivity contribution in [1.82, 2.24) is 4.90 Å². The fourth-order valence-electron chi connectivity index (χ4n) is 3.94. The Balaban J connectivity index is 1.73. The summed E-state index contributed by atoms with van der Waals surface area (Å²) in [5.41, 5.74) is 2.17. The first-order valence-corrected chi connectivity index (χ1v) is 11.0. The zero-order valence-electron chi connectivity index (χ0n) is 17.7. The van der Waals surface area contributed by atoms with Gasteiger partial charge >= 0.3 is 0 Å². The van der Waals surface area contributed by atoms with E-state index < -0.39 is 17.7 Å². The molecule has 0 bridgehead atoms. The van der Waals surface area contributed by atoms with Crippen LogP contribution in [0, 0.1) is 12.7 Å². The Hall–Kier alpha value is -3.45. The first kappa shape index (κ1) is 21.8. The van der Waals surface area contributed by atoms with Crippen LogP contribution in [0.15, 0.2) is 65.6 Å². The Bertz CT molecular complexity index is 1190. The second kappa shape index (κ2) is 8.96. The third-order valence-corrected chi connectivity index (χ3v) is 6.50. The Kier molecular flexibility index (Phi) is 6.10. The second-order valence-electron chi connectivity index (χ2n) is 7.57. The number of carbonyl (C=O) groups excluding carboxylic acids is 2. The van der Waals surface area contributed by atoms with E-state index in [-0.39, 0.29) is 23.7 Å². The molecule has 0 saturated carbocycles. The van der Waals surface area contributed by atoms with Gasteiger partial charge in [0.15, 0.2) is 0 Å². The Labute approximate surface area is 189 Å². The van der Waals surface area contributed by atoms with Crippen molar-refractivity contribution in [2.45, 2.75) is 19.4 Å². The summed E-state index contributed by atoms with van der Waals surface area (Å²) in [6.07, 6.45) is 0.455. The maximum Gasteiger partial charge on any atom is 0.295 e. The van der Waals surface area contributed by atoms with Gasteiger partial charge in [-0.05, 0) is 66.2 Å². The number of likely N-dealkylation sites (tertiary alicyclic amines) is 1. The minimum atomic E-state index is -0.714. The average molecular weight is 452 g/mol. The van der Waals surface area contributed by atoms with Crippen LogP contribution in [0.2, 0.25) is 0 Å². The number of thiophene rings is 1. The van der Waals surface area contributed by atoms with Crippen molar-refractivity contribution in [3.63, 3.8) is 0 Å². The number of rotatable bonds is 6. The van der Waals surface area contributed by atoms with Crippen LogP contribution in [-0.2, 0) is 16.0 Å². The molecule has 0 radical (unpaired) electrons. The van der Waals surface area contributed by atoms with E-state index in [2.05, 4.69) is 0 Å². The Morgan fingerprint density at radius 2 is 1.91 bits per heavy atom. The van der Waals surface area contributed by atoms with Crippen molar-refractivity contribution in [3.8, 4) is 5.75 Å². The van der Waals surface area contributed by atoms with Gasteiger partial charge in [-0.3, -0.25) is 9.59 Å². The molecular formula is C25H22FNO4S. The van der Waals surface area contributed by atoms with Gasteiger partial charge in [0.2, 0.25) is 0 Å². The summed E-state index contributed by atoms with van der Waals surface area (Å²) in [4.78, 5) is 28.2. The van der Waals surface area contributed by atoms with Crippen molar-refractivity contribution < 1.29 is 23.8 Å². The maximum atomic E-state index is 13.2. The highest BCUT2D eigenvalue weighted by molar-refractivity contribution is 7.10. The van der Waals surface area contributed by atoms with E-state index in [9.17, 15) is 19.1 Å². The van der Waals surface area contributed by atoms with Gasteiger partial charge in [0.25, 0.3) is 11.7 Å². The third-order valence-electron chi connectivity index (χ3n) is 5.58. The maximum absolute atomic E-state index is 13.2. The molecule has 1 unspecified atom stereocenters. The number of ketones is 1. The Morgan fingerprint density at radius 1 is 1.16 bits per heavy atom. The molecule has 1 saturated heterocycles. The molecule has 1 N–H and O–H groups in total. The minimum Gasteiger partial charge on any atom is -0.507 e. The predicted octanol–water partition coefficient (Wildman–Crippen LogP) is 4.87. The van der Waals surface area contributed by atoms with Gasteiger partial charge in [-0.1, -0.05) is 18.2 Å². The quantitative estimate of drug-likeness (QED) is 0.330. The summed E-state index contributed by atoms with van der Waals surface area (Å²) in [7, 11) is 1.56. The number of nitrogens with zero attached hydrogens (tertiary/aromatic N) is 1. The minimum absolute atomic E-state index is 0.0705. The van der Waals surface area contributed by atoms with Gasteiger partial charge in [-0.25, -0.2) is 4.39 Å². The molecule has 4 rings (SSSR count). The van der Waals surface area contributed by atoms with Crippen LogP contribution in [0.3, 0.4) is 0 Å². The van der Waals surface area contributed by atoms with E-state index in [0.717, 1.165) is 16.0 Å². The first-order chi connectivity index (χ1) is 15.4. The summed E-state index contributed by atoms with van der Waals surface area (Å²) >= 11 is 1.42. The SMILES string of the molecule is COc1ccc(/C(O)=C2/C(=O)C(=O)N(CCc3ccc(F)cc3)C2c2cccs2)cc1C. The monoisotopic (exact) mass is 451 g/mol. The van der Waals surface area contributed by atoms with Crippen molar-refractivity contribution in [2.75, 3.05) is 13.7 Å². The number of benzene rings is 2. The summed E-state index contributed by atoms with van der Waals surface area (Å²) in [6.45, 7) is 2.10. The summed E-state index contributed by atoms with van der Waals surface area (Å²) in [5, 5.41) is 13.0. The van der Waals surface area contributed by atoms with Gasteiger partial charge in [0.1, 0.15) is 17.3 Å². The van der Waals surface area contributed by atoms with Crippen molar-refractivity contribution in [2.24, 2.45) is 0 Å². The predicted molar refractivity (Wildman–Crippen MR) is 121 cm³/mol. The molecule has 164 valence electrons. The lowest BCUT2D eigenvalue weighted by molar-refractivity contribution is -0.139. The highest BCUT2D eigenvalue weighted by Crippen LogP contribution is 2.41. The molecule has 1 fully saturated rings. The van der Waals surface area contributed by atoms with Crippen LogP contribution in [0.4, 0.5) is 4.39 Å². The molecule has 1 atom stereocenters. The fourth-order valence-corrected chi connectivity index (χ4v) is 4.78. The molecule has 1 aliphatic heterocycles. The van der Waals surface area contributed by atoms with Gasteiger partial charge in [-0.15, -0.1) is 11.3 Å². The van der Waals surface area contributed by atoms with Crippen LogP contribution < -0.4 is 4.74 Å². The number of hydrogen-bond acceptors (Lipinski definition) is 5. The molecule has 5 nitrogen and oxygen atoms in total. The standard InChI is InChI=1S/C25H22FNO4S/c1-15-14-17(7-10-19(15)31-2)23(28)21-22(20-4-3-13-32-20)27(25(30)24(21)29)12-11-16-5-8-18(26)9-6-16/h3-10,13-14,22,28H,11-12H2,1-2H3/b23-21-. The molecule has 0 aliphatic carbocycles. The smallest absolute Gasteiger partial charge is 0.295 e. The van der Waals surface area contributed by atoms with Gasteiger partial charge in [-0.2, -0.15) is 0 Å².